The molecular weight excluding hydrogens is 416 g/mol. The summed E-state index contributed by atoms with van der Waals surface area (Å²) in [5.41, 5.74) is 1.41. The topological polar surface area (TPSA) is 71.8 Å². The number of nitrogens with zero attached hydrogens (tertiary/aromatic N) is 4. The summed E-state index contributed by atoms with van der Waals surface area (Å²) in [5, 5.41) is 7.68. The Labute approximate surface area is 184 Å². The van der Waals surface area contributed by atoms with E-state index in [0.717, 1.165) is 37.4 Å². The number of halogens is 2. The van der Waals surface area contributed by atoms with Crippen LogP contribution < -0.4 is 10.2 Å². The third kappa shape index (κ3) is 3.65. The lowest BCUT2D eigenvalue weighted by atomic mass is 10.0. The smallest absolute Gasteiger partial charge is 0.311 e. The average molecular weight is 441 g/mol. The molecule has 0 spiro atoms. The maximum absolute atomic E-state index is 14.4. The highest BCUT2D eigenvalue weighted by Crippen LogP contribution is 2.49. The third-order valence-corrected chi connectivity index (χ3v) is 6.61. The van der Waals surface area contributed by atoms with Gasteiger partial charge in [-0.1, -0.05) is 0 Å². The fourth-order valence-electron chi connectivity index (χ4n) is 4.64. The SMILES string of the molecule is COC(=O)C1(CCNc2cnn3ccc(N4CCC[C@@H]4c4cc(F)ccc4F)nc23)CC1. The number of anilines is 2. The molecule has 168 valence electrons. The van der Waals surface area contributed by atoms with Crippen LogP contribution in [0.2, 0.25) is 0 Å². The second kappa shape index (κ2) is 8.03. The molecule has 2 fully saturated rings. The number of carbonyl (C=O) groups is 1. The van der Waals surface area contributed by atoms with Gasteiger partial charge in [-0.3, -0.25) is 4.79 Å². The predicted octanol–water partition coefficient (Wildman–Crippen LogP) is 4.10. The number of fused-ring (bicyclic) bond motifs is 1. The van der Waals surface area contributed by atoms with Crippen LogP contribution in [0.1, 0.15) is 43.7 Å². The highest BCUT2D eigenvalue weighted by molar-refractivity contribution is 5.79. The van der Waals surface area contributed by atoms with Crippen molar-refractivity contribution in [1.82, 2.24) is 14.6 Å². The maximum Gasteiger partial charge on any atom is 0.311 e. The molecule has 1 aliphatic heterocycles. The van der Waals surface area contributed by atoms with Crippen LogP contribution in [0.5, 0.6) is 0 Å². The van der Waals surface area contributed by atoms with Gasteiger partial charge in [-0.25, -0.2) is 18.3 Å². The van der Waals surface area contributed by atoms with E-state index >= 15 is 0 Å². The summed E-state index contributed by atoms with van der Waals surface area (Å²) in [6, 6.07) is 5.17. The Morgan fingerprint density at radius 2 is 2.16 bits per heavy atom. The molecule has 1 aliphatic carbocycles. The molecule has 0 bridgehead atoms. The average Bonchev–Trinajstić information content (AvgIpc) is 3.25. The molecule has 0 amide bonds. The van der Waals surface area contributed by atoms with E-state index in [2.05, 4.69) is 10.4 Å². The normalized spacial score (nSPS) is 19.3. The number of ether oxygens (including phenoxy) is 1. The Morgan fingerprint density at radius 3 is 2.94 bits per heavy atom. The Kier molecular flexibility index (Phi) is 5.19. The summed E-state index contributed by atoms with van der Waals surface area (Å²) in [4.78, 5) is 18.8. The quantitative estimate of drug-likeness (QED) is 0.557. The van der Waals surface area contributed by atoms with Crippen LogP contribution in [-0.2, 0) is 9.53 Å². The van der Waals surface area contributed by atoms with E-state index in [9.17, 15) is 13.6 Å². The van der Waals surface area contributed by atoms with Gasteiger partial charge < -0.3 is 15.0 Å². The lowest BCUT2D eigenvalue weighted by Gasteiger charge is -2.26. The molecule has 2 aromatic heterocycles. The number of carbonyl (C=O) groups excluding carboxylic acids is 1. The van der Waals surface area contributed by atoms with Gasteiger partial charge in [-0.2, -0.15) is 5.10 Å². The number of esters is 1. The Bertz CT molecular complexity index is 1160. The molecule has 1 saturated heterocycles. The first-order chi connectivity index (χ1) is 15.5. The number of nitrogens with one attached hydrogen (secondary N) is 1. The number of methoxy groups -OCH3 is 1. The molecule has 1 atom stereocenters. The van der Waals surface area contributed by atoms with E-state index in [-0.39, 0.29) is 17.4 Å². The first-order valence-corrected chi connectivity index (χ1v) is 10.9. The summed E-state index contributed by atoms with van der Waals surface area (Å²) in [6.45, 7) is 1.31. The van der Waals surface area contributed by atoms with Gasteiger partial charge in [0.25, 0.3) is 0 Å². The van der Waals surface area contributed by atoms with Gasteiger partial charge in [-0.15, -0.1) is 0 Å². The van der Waals surface area contributed by atoms with Gasteiger partial charge in [0.05, 0.1) is 30.5 Å². The van der Waals surface area contributed by atoms with Crippen LogP contribution in [-0.4, -0.2) is 40.8 Å². The Morgan fingerprint density at radius 1 is 1.31 bits per heavy atom. The van der Waals surface area contributed by atoms with E-state index in [1.54, 1.807) is 10.7 Å². The maximum atomic E-state index is 14.4. The van der Waals surface area contributed by atoms with Crippen LogP contribution >= 0.6 is 0 Å². The van der Waals surface area contributed by atoms with Gasteiger partial charge in [0.2, 0.25) is 0 Å². The second-order valence-electron chi connectivity index (χ2n) is 8.58. The zero-order valence-corrected chi connectivity index (χ0v) is 17.9. The lowest BCUT2D eigenvalue weighted by molar-refractivity contribution is -0.147. The molecule has 1 N–H and O–H groups in total. The number of benzene rings is 1. The molecule has 1 aromatic carbocycles. The molecule has 9 heteroatoms. The molecule has 1 saturated carbocycles. The Hall–Kier alpha value is -3.23. The molecule has 7 nitrogen and oxygen atoms in total. The standard InChI is InChI=1S/C23H25F2N5O2/c1-32-22(31)23(7-8-23)9-10-26-18-14-27-30-12-6-20(28-21(18)30)29-11-2-3-19(29)16-13-15(24)4-5-17(16)25/h4-6,12-14,19,26H,2-3,7-11H2,1H3/t19-/m1/s1. The summed E-state index contributed by atoms with van der Waals surface area (Å²) in [6.07, 6.45) is 7.51. The van der Waals surface area contributed by atoms with E-state index in [1.165, 1.54) is 19.2 Å². The van der Waals surface area contributed by atoms with Crippen molar-refractivity contribution in [2.45, 2.75) is 38.1 Å². The first kappa shape index (κ1) is 20.7. The Balaban J connectivity index is 1.36. The minimum atomic E-state index is -0.445. The van der Waals surface area contributed by atoms with Crippen molar-refractivity contribution < 1.29 is 18.3 Å². The van der Waals surface area contributed by atoms with Crippen LogP contribution in [0.3, 0.4) is 0 Å². The molecular formula is C23H25F2N5O2. The molecule has 3 aromatic rings. The van der Waals surface area contributed by atoms with E-state index in [1.807, 2.05) is 17.2 Å². The lowest BCUT2D eigenvalue weighted by Crippen LogP contribution is -2.24. The molecule has 3 heterocycles. The molecule has 2 aliphatic rings. The fourth-order valence-corrected chi connectivity index (χ4v) is 4.64. The number of aromatic nitrogens is 3. The number of rotatable bonds is 7. The minimum Gasteiger partial charge on any atom is -0.469 e. The van der Waals surface area contributed by atoms with Crippen molar-refractivity contribution in [2.75, 3.05) is 30.4 Å². The van der Waals surface area contributed by atoms with Crippen LogP contribution in [0.4, 0.5) is 20.3 Å². The van der Waals surface area contributed by atoms with Crippen molar-refractivity contribution in [1.29, 1.82) is 0 Å². The van der Waals surface area contributed by atoms with Gasteiger partial charge >= 0.3 is 5.97 Å². The number of hydrogen-bond acceptors (Lipinski definition) is 6. The van der Waals surface area contributed by atoms with Crippen molar-refractivity contribution in [3.63, 3.8) is 0 Å². The van der Waals surface area contributed by atoms with Crippen molar-refractivity contribution in [3.8, 4) is 0 Å². The second-order valence-corrected chi connectivity index (χ2v) is 8.58. The zero-order valence-electron chi connectivity index (χ0n) is 17.9. The summed E-state index contributed by atoms with van der Waals surface area (Å²) >= 11 is 0. The zero-order chi connectivity index (χ0) is 22.3. The van der Waals surface area contributed by atoms with E-state index < -0.39 is 11.6 Å². The van der Waals surface area contributed by atoms with E-state index in [4.69, 9.17) is 9.72 Å². The monoisotopic (exact) mass is 441 g/mol. The van der Waals surface area contributed by atoms with Gasteiger partial charge in [0.15, 0.2) is 5.65 Å². The van der Waals surface area contributed by atoms with Crippen LogP contribution in [0.15, 0.2) is 36.7 Å². The molecule has 32 heavy (non-hydrogen) atoms. The third-order valence-electron chi connectivity index (χ3n) is 6.61. The highest BCUT2D eigenvalue weighted by atomic mass is 19.1. The summed E-state index contributed by atoms with van der Waals surface area (Å²) in [5.74, 6) is -0.306. The van der Waals surface area contributed by atoms with Crippen molar-refractivity contribution >= 4 is 23.1 Å². The molecule has 0 unspecified atom stereocenters. The largest absolute Gasteiger partial charge is 0.469 e. The number of hydrogen-bond donors (Lipinski definition) is 1. The van der Waals surface area contributed by atoms with Gasteiger partial charge in [-0.05, 0) is 56.4 Å². The fraction of sp³-hybridized carbons (Fsp3) is 0.435. The minimum absolute atomic E-state index is 0.149. The van der Waals surface area contributed by atoms with Crippen molar-refractivity contribution in [3.05, 3.63) is 53.9 Å². The van der Waals surface area contributed by atoms with Gasteiger partial charge in [0, 0.05) is 24.8 Å². The van der Waals surface area contributed by atoms with Crippen LogP contribution in [0.25, 0.3) is 5.65 Å². The van der Waals surface area contributed by atoms with E-state index in [0.29, 0.717) is 36.5 Å². The van der Waals surface area contributed by atoms with Crippen LogP contribution in [0, 0.1) is 17.0 Å². The first-order valence-electron chi connectivity index (χ1n) is 10.9. The predicted molar refractivity (Wildman–Crippen MR) is 115 cm³/mol. The summed E-state index contributed by atoms with van der Waals surface area (Å²) in [7, 11) is 1.42. The molecule has 5 rings (SSSR count). The summed E-state index contributed by atoms with van der Waals surface area (Å²) < 4.78 is 34.8. The van der Waals surface area contributed by atoms with Gasteiger partial charge in [0.1, 0.15) is 17.5 Å². The highest BCUT2D eigenvalue weighted by Gasteiger charge is 2.50. The molecule has 0 radical (unpaired) electrons. The van der Waals surface area contributed by atoms with Crippen molar-refractivity contribution in [2.24, 2.45) is 5.41 Å².